The number of esters is 1. The van der Waals surface area contributed by atoms with Gasteiger partial charge in [0.1, 0.15) is 12.6 Å². The maximum atomic E-state index is 10.9. The van der Waals surface area contributed by atoms with Crippen LogP contribution >= 0.6 is 0 Å². The van der Waals surface area contributed by atoms with Crippen molar-refractivity contribution in [3.05, 3.63) is 0 Å². The largest absolute Gasteiger partial charge is 0.461 e. The second-order valence-corrected chi connectivity index (χ2v) is 3.36. The van der Waals surface area contributed by atoms with Gasteiger partial charge in [0, 0.05) is 7.11 Å². The predicted octanol–water partition coefficient (Wildman–Crippen LogP) is 0.302. The maximum Gasteiger partial charge on any atom is 0.322 e. The first-order valence-electron chi connectivity index (χ1n) is 3.86. The summed E-state index contributed by atoms with van der Waals surface area (Å²) in [4.78, 5) is 10.9. The Morgan fingerprint density at radius 2 is 2.08 bits per heavy atom. The van der Waals surface area contributed by atoms with Crippen LogP contribution in [0, 0.1) is 0 Å². The molecule has 0 aromatic carbocycles. The Hall–Kier alpha value is -0.610. The fraction of sp³-hybridized carbons (Fsp3) is 0.875. The van der Waals surface area contributed by atoms with Crippen molar-refractivity contribution in [1.82, 2.24) is 0 Å². The fourth-order valence-electron chi connectivity index (χ4n) is 0.435. The number of nitrogens with two attached hydrogens (primary N) is 1. The summed E-state index contributed by atoms with van der Waals surface area (Å²) in [5.74, 6) is -0.403. The topological polar surface area (TPSA) is 61.5 Å². The molecule has 0 aliphatic rings. The molecule has 0 spiro atoms. The van der Waals surface area contributed by atoms with Crippen molar-refractivity contribution in [3.63, 3.8) is 0 Å². The van der Waals surface area contributed by atoms with E-state index in [1.54, 1.807) is 14.0 Å². The zero-order chi connectivity index (χ0) is 9.78. The van der Waals surface area contributed by atoms with Gasteiger partial charge in [-0.25, -0.2) is 0 Å². The number of hydrogen-bond acceptors (Lipinski definition) is 4. The first-order valence-corrected chi connectivity index (χ1v) is 3.86. The van der Waals surface area contributed by atoms with E-state index in [9.17, 15) is 4.79 Å². The summed E-state index contributed by atoms with van der Waals surface area (Å²) in [6, 6.07) is -0.572. The number of ether oxygens (including phenoxy) is 2. The molecule has 0 unspecified atom stereocenters. The molecule has 0 amide bonds. The van der Waals surface area contributed by atoms with E-state index in [0.717, 1.165) is 0 Å². The molecular formula is C8H17NO3. The molecule has 12 heavy (non-hydrogen) atoms. The smallest absolute Gasteiger partial charge is 0.322 e. The predicted molar refractivity (Wildman–Crippen MR) is 45.7 cm³/mol. The van der Waals surface area contributed by atoms with Crippen molar-refractivity contribution in [2.45, 2.75) is 32.4 Å². The molecule has 1 atom stereocenters. The van der Waals surface area contributed by atoms with E-state index < -0.39 is 17.6 Å². The van der Waals surface area contributed by atoms with E-state index in [0.29, 0.717) is 0 Å². The molecule has 0 radical (unpaired) electrons. The molecule has 0 rings (SSSR count). The maximum absolute atomic E-state index is 10.9. The summed E-state index contributed by atoms with van der Waals surface area (Å²) in [5.41, 5.74) is 4.85. The van der Waals surface area contributed by atoms with Crippen LogP contribution in [0.5, 0.6) is 0 Å². The molecule has 0 bridgehead atoms. The summed E-state index contributed by atoms with van der Waals surface area (Å²) in [7, 11) is 1.57. The fourth-order valence-corrected chi connectivity index (χ4v) is 0.435. The van der Waals surface area contributed by atoms with Crippen LogP contribution in [0.25, 0.3) is 0 Å². The lowest BCUT2D eigenvalue weighted by atomic mass is 10.1. The van der Waals surface area contributed by atoms with E-state index in [1.165, 1.54) is 0 Å². The highest BCUT2D eigenvalue weighted by Crippen LogP contribution is 2.07. The van der Waals surface area contributed by atoms with Crippen LogP contribution in [0.4, 0.5) is 0 Å². The molecule has 0 saturated heterocycles. The van der Waals surface area contributed by atoms with Crippen molar-refractivity contribution in [2.75, 3.05) is 13.7 Å². The average Bonchev–Trinajstić information content (AvgIpc) is 2.00. The molecule has 4 nitrogen and oxygen atoms in total. The van der Waals surface area contributed by atoms with Crippen molar-refractivity contribution in [3.8, 4) is 0 Å². The van der Waals surface area contributed by atoms with Crippen molar-refractivity contribution in [2.24, 2.45) is 5.73 Å². The first-order chi connectivity index (χ1) is 5.39. The lowest BCUT2D eigenvalue weighted by Gasteiger charge is -2.22. The van der Waals surface area contributed by atoms with Gasteiger partial charge in [-0.3, -0.25) is 4.79 Å². The van der Waals surface area contributed by atoms with Gasteiger partial charge in [-0.15, -0.1) is 0 Å². The van der Waals surface area contributed by atoms with Crippen LogP contribution in [0.2, 0.25) is 0 Å². The van der Waals surface area contributed by atoms with Gasteiger partial charge in [0.2, 0.25) is 0 Å². The minimum Gasteiger partial charge on any atom is -0.461 e. The van der Waals surface area contributed by atoms with E-state index >= 15 is 0 Å². The van der Waals surface area contributed by atoms with Crippen LogP contribution in [0.15, 0.2) is 0 Å². The van der Waals surface area contributed by atoms with Crippen molar-refractivity contribution >= 4 is 5.97 Å². The number of rotatable bonds is 4. The van der Waals surface area contributed by atoms with Gasteiger partial charge in [-0.05, 0) is 20.8 Å². The van der Waals surface area contributed by atoms with Gasteiger partial charge in [0.15, 0.2) is 0 Å². The van der Waals surface area contributed by atoms with E-state index in [1.807, 2.05) is 13.8 Å². The quantitative estimate of drug-likeness (QED) is 0.624. The zero-order valence-corrected chi connectivity index (χ0v) is 8.09. The summed E-state index contributed by atoms with van der Waals surface area (Å²) in [5, 5.41) is 0. The standard InChI is InChI=1S/C8H17NO3/c1-6(9)7(10)12-5-8(2,3)11-4/h6H,5,9H2,1-4H3/t6-/m0/s1. The Bertz CT molecular complexity index is 154. The Balaban J connectivity index is 3.76. The number of hydrogen-bond donors (Lipinski definition) is 1. The lowest BCUT2D eigenvalue weighted by Crippen LogP contribution is -2.35. The third-order valence-corrected chi connectivity index (χ3v) is 1.49. The summed E-state index contributed by atoms with van der Waals surface area (Å²) in [6.45, 7) is 5.48. The highest BCUT2D eigenvalue weighted by molar-refractivity contribution is 5.74. The Labute approximate surface area is 73.0 Å². The third-order valence-electron chi connectivity index (χ3n) is 1.49. The highest BCUT2D eigenvalue weighted by Gasteiger charge is 2.20. The molecule has 2 N–H and O–H groups in total. The molecule has 0 fully saturated rings. The average molecular weight is 175 g/mol. The highest BCUT2D eigenvalue weighted by atomic mass is 16.6. The van der Waals surface area contributed by atoms with Gasteiger partial charge in [0.25, 0.3) is 0 Å². The molecule has 0 heterocycles. The van der Waals surface area contributed by atoms with E-state index in [2.05, 4.69) is 0 Å². The summed E-state index contributed by atoms with van der Waals surface area (Å²) >= 11 is 0. The van der Waals surface area contributed by atoms with Gasteiger partial charge >= 0.3 is 5.97 Å². The van der Waals surface area contributed by atoms with Crippen LogP contribution in [-0.2, 0) is 14.3 Å². The van der Waals surface area contributed by atoms with Gasteiger partial charge in [-0.1, -0.05) is 0 Å². The normalized spacial score (nSPS) is 14.1. The number of methoxy groups -OCH3 is 1. The summed E-state index contributed by atoms with van der Waals surface area (Å²) in [6.07, 6.45) is 0. The number of carbonyl (C=O) groups excluding carboxylic acids is 1. The molecule has 4 heteroatoms. The van der Waals surface area contributed by atoms with Gasteiger partial charge in [-0.2, -0.15) is 0 Å². The van der Waals surface area contributed by atoms with Crippen molar-refractivity contribution in [1.29, 1.82) is 0 Å². The monoisotopic (exact) mass is 175 g/mol. The van der Waals surface area contributed by atoms with E-state index in [4.69, 9.17) is 15.2 Å². The summed E-state index contributed by atoms with van der Waals surface area (Å²) < 4.78 is 9.92. The molecular weight excluding hydrogens is 158 g/mol. The second kappa shape index (κ2) is 4.42. The Morgan fingerprint density at radius 1 is 1.58 bits per heavy atom. The van der Waals surface area contributed by atoms with Crippen LogP contribution < -0.4 is 5.73 Å². The SMILES string of the molecule is COC(C)(C)COC(=O)[C@H](C)N. The first kappa shape index (κ1) is 11.4. The minimum absolute atomic E-state index is 0.226. The molecule has 0 saturated carbocycles. The van der Waals surface area contributed by atoms with Crippen LogP contribution in [0.3, 0.4) is 0 Å². The van der Waals surface area contributed by atoms with Gasteiger partial charge in [0.05, 0.1) is 5.60 Å². The van der Waals surface area contributed by atoms with Gasteiger partial charge < -0.3 is 15.2 Å². The molecule has 0 aromatic rings. The molecule has 0 aliphatic heterocycles. The zero-order valence-electron chi connectivity index (χ0n) is 8.09. The molecule has 72 valence electrons. The number of carbonyl (C=O) groups is 1. The minimum atomic E-state index is -0.572. The van der Waals surface area contributed by atoms with Crippen LogP contribution in [-0.4, -0.2) is 31.3 Å². The van der Waals surface area contributed by atoms with E-state index in [-0.39, 0.29) is 6.61 Å². The lowest BCUT2D eigenvalue weighted by molar-refractivity contribution is -0.152. The second-order valence-electron chi connectivity index (χ2n) is 3.36. The molecule has 0 aromatic heterocycles. The molecule has 0 aliphatic carbocycles. The Morgan fingerprint density at radius 3 is 2.42 bits per heavy atom. The van der Waals surface area contributed by atoms with Crippen LogP contribution in [0.1, 0.15) is 20.8 Å². The van der Waals surface area contributed by atoms with Crippen molar-refractivity contribution < 1.29 is 14.3 Å². The third kappa shape index (κ3) is 4.31. The Kier molecular flexibility index (Phi) is 4.20.